The Labute approximate surface area is 373 Å². The minimum Gasteiger partial charge on any atom is -0.319 e. The van der Waals surface area contributed by atoms with Crippen LogP contribution in [-0.2, 0) is 26.5 Å². The van der Waals surface area contributed by atoms with Crippen molar-refractivity contribution in [3.63, 3.8) is 0 Å². The molecule has 0 radical (unpaired) electrons. The summed E-state index contributed by atoms with van der Waals surface area (Å²) in [6.07, 6.45) is 1.97. The van der Waals surface area contributed by atoms with Gasteiger partial charge >= 0.3 is 0 Å². The molecule has 0 saturated heterocycles. The molecule has 61 heavy (non-hydrogen) atoms. The van der Waals surface area contributed by atoms with Crippen molar-refractivity contribution >= 4 is 38.9 Å². The third-order valence-corrected chi connectivity index (χ3v) is 12.1. The topological polar surface area (TPSA) is 37.1 Å². The number of hydrogen-bond acceptors (Lipinski definition) is 3. The summed E-state index contributed by atoms with van der Waals surface area (Å²) in [6, 6.07) is 68.8. The van der Waals surface area contributed by atoms with Crippen LogP contribution >= 0.6 is 0 Å². The van der Waals surface area contributed by atoms with E-state index in [0.29, 0.717) is 11.8 Å². The molecule has 0 bridgehead atoms. The molecule has 6 heteroatoms. The van der Waals surface area contributed by atoms with Crippen molar-refractivity contribution in [3.8, 4) is 16.9 Å². The van der Waals surface area contributed by atoms with Gasteiger partial charge in [-0.05, 0) is 80.9 Å². The van der Waals surface area contributed by atoms with Crippen LogP contribution < -0.4 is 10.1 Å². The fourth-order valence-electron chi connectivity index (χ4n) is 9.36. The van der Waals surface area contributed by atoms with Gasteiger partial charge in [0.1, 0.15) is 17.2 Å². The Morgan fingerprint density at radius 3 is 1.87 bits per heavy atom. The summed E-state index contributed by atoms with van der Waals surface area (Å²) in [5, 5.41) is 6.19. The molecule has 9 aromatic rings. The minimum atomic E-state index is -0.809. The standard InChI is InChI=1S/C55H46N4O.Pt/c1-37(2)45-25-17-26-46(38(3)4)54(45)39-32-33-56-53(34-39)58-49-27-13-12-24-47(49)48-31-30-43(36-52(48)58)55(40-18-8-6-9-19-40,41-20-10-7-11-21-41)42-22-16-23-44(35-42)59-51-29-15-14-28-50(51)57(5)60-59;/h6-34,37-38H,1-5H3;/q-2;/p+1. The summed E-state index contributed by atoms with van der Waals surface area (Å²) < 4.78 is 2.31. The van der Waals surface area contributed by atoms with E-state index in [0.717, 1.165) is 66.9 Å². The summed E-state index contributed by atoms with van der Waals surface area (Å²) in [5.74, 6) is 1.60. The molecule has 0 unspecified atom stereocenters. The van der Waals surface area contributed by atoms with Crippen molar-refractivity contribution < 1.29 is 26.0 Å². The van der Waals surface area contributed by atoms with Crippen LogP contribution in [0.15, 0.2) is 176 Å². The van der Waals surface area contributed by atoms with Crippen molar-refractivity contribution in [3.05, 3.63) is 222 Å². The summed E-state index contributed by atoms with van der Waals surface area (Å²) >= 11 is 0. The maximum Gasteiger partial charge on any atom is 0.145 e. The number of anilines is 3. The van der Waals surface area contributed by atoms with Gasteiger partial charge in [-0.3, -0.25) is 0 Å². The zero-order chi connectivity index (χ0) is 41.0. The Bertz CT molecular complexity index is 2950. The van der Waals surface area contributed by atoms with Crippen LogP contribution in [0.3, 0.4) is 0 Å². The molecule has 2 aromatic heterocycles. The summed E-state index contributed by atoms with van der Waals surface area (Å²) in [4.78, 5) is 10.1. The zero-order valence-electron chi connectivity index (χ0n) is 35.0. The van der Waals surface area contributed by atoms with Crippen LogP contribution in [0.1, 0.15) is 72.9 Å². The molecule has 0 fully saturated rings. The van der Waals surface area contributed by atoms with E-state index in [4.69, 9.17) is 9.92 Å². The van der Waals surface area contributed by atoms with Gasteiger partial charge in [-0.25, -0.2) is 4.98 Å². The van der Waals surface area contributed by atoms with Gasteiger partial charge in [0.15, 0.2) is 0 Å². The molecule has 1 N–H and O–H groups in total. The number of para-hydroxylation sites is 3. The molecule has 0 spiro atoms. The van der Waals surface area contributed by atoms with E-state index in [1.807, 2.05) is 23.4 Å². The molecule has 0 saturated carbocycles. The van der Waals surface area contributed by atoms with Crippen LogP contribution in [-0.4, -0.2) is 21.5 Å². The number of fused-ring (bicyclic) bond motifs is 4. The third-order valence-electron chi connectivity index (χ3n) is 12.1. The minimum absolute atomic E-state index is 0. The zero-order valence-corrected chi connectivity index (χ0v) is 37.2. The van der Waals surface area contributed by atoms with E-state index in [9.17, 15) is 0 Å². The second-order valence-electron chi connectivity index (χ2n) is 16.4. The Balaban J connectivity index is 0.00000476. The second-order valence-corrected chi connectivity index (χ2v) is 16.4. The molecule has 0 amide bonds. The van der Waals surface area contributed by atoms with Crippen LogP contribution in [0, 0.1) is 12.1 Å². The fraction of sp³-hybridized carbons (Fsp3) is 0.145. The number of nitrogens with zero attached hydrogens (tertiary/aromatic N) is 4. The van der Waals surface area contributed by atoms with Gasteiger partial charge in [-0.2, -0.15) is 35.3 Å². The van der Waals surface area contributed by atoms with E-state index in [1.54, 1.807) is 0 Å². The van der Waals surface area contributed by atoms with Gasteiger partial charge in [0, 0.05) is 43.9 Å². The number of pyridine rings is 1. The van der Waals surface area contributed by atoms with Crippen LogP contribution in [0.25, 0.3) is 38.8 Å². The first-order valence-electron chi connectivity index (χ1n) is 20.9. The molecule has 10 rings (SSSR count). The molecular weight excluding hydrogens is 928 g/mol. The molecule has 1 aliphatic heterocycles. The molecule has 7 aromatic carbocycles. The SMILES string of the molecule is CC(C)c1cccc(C(C)C)c1-c1ccnc(-n2c3[c-]c(C(c4[c-]c(N5[OH+]N(C)c6ccccc65)ccc4)(c4ccccc4)c4ccccc4)ccc3c3ccccc32)c1.[Pt]. The fourth-order valence-corrected chi connectivity index (χ4v) is 9.36. The summed E-state index contributed by atoms with van der Waals surface area (Å²) in [5.41, 5.74) is 13.6. The van der Waals surface area contributed by atoms with Crippen LogP contribution in [0.4, 0.5) is 17.1 Å². The van der Waals surface area contributed by atoms with Gasteiger partial charge < -0.3 is 4.57 Å². The van der Waals surface area contributed by atoms with Crippen LogP contribution in [0.5, 0.6) is 0 Å². The maximum atomic E-state index is 5.12. The predicted molar refractivity (Wildman–Crippen MR) is 247 cm³/mol. The van der Waals surface area contributed by atoms with Crippen LogP contribution in [0.2, 0.25) is 0 Å². The molecule has 0 aliphatic carbocycles. The summed E-state index contributed by atoms with van der Waals surface area (Å²) in [6.45, 7) is 9.13. The smallest absolute Gasteiger partial charge is 0.145 e. The second kappa shape index (κ2) is 16.3. The molecule has 5 nitrogen and oxygen atoms in total. The number of hydroxylamine groups is 1. The average molecular weight is 975 g/mol. The average Bonchev–Trinajstić information content (AvgIpc) is 3.81. The quantitative estimate of drug-likeness (QED) is 0.0822. The Hall–Kier alpha value is -6.26. The number of rotatable bonds is 9. The molecule has 304 valence electrons. The predicted octanol–water partition coefficient (Wildman–Crippen LogP) is 13.5. The van der Waals surface area contributed by atoms with Gasteiger partial charge in [-0.1, -0.05) is 142 Å². The molecule has 1 aliphatic rings. The number of aromatic nitrogens is 2. The van der Waals surface area contributed by atoms with Crippen molar-refractivity contribution in [2.24, 2.45) is 0 Å². The third kappa shape index (κ3) is 6.68. The normalized spacial score (nSPS) is 12.7. The summed E-state index contributed by atoms with van der Waals surface area (Å²) in [7, 11) is 1.99. The Morgan fingerprint density at radius 1 is 0.574 bits per heavy atom. The molecule has 0 atom stereocenters. The largest absolute Gasteiger partial charge is 0.319 e. The number of benzene rings is 7. The van der Waals surface area contributed by atoms with Crippen molar-refractivity contribution in [1.82, 2.24) is 9.55 Å². The van der Waals surface area contributed by atoms with Crippen molar-refractivity contribution in [2.75, 3.05) is 17.2 Å². The first-order chi connectivity index (χ1) is 29.3. The van der Waals surface area contributed by atoms with Crippen molar-refractivity contribution in [2.45, 2.75) is 44.9 Å². The van der Waals surface area contributed by atoms with E-state index in [2.05, 4.69) is 214 Å². The van der Waals surface area contributed by atoms with Crippen molar-refractivity contribution in [1.29, 1.82) is 0 Å². The van der Waals surface area contributed by atoms with Gasteiger partial charge in [0.05, 0.1) is 7.05 Å². The molecule has 3 heterocycles. The Kier molecular flexibility index (Phi) is 10.7. The first kappa shape index (κ1) is 40.2. The monoisotopic (exact) mass is 974 g/mol. The van der Waals surface area contributed by atoms with Gasteiger partial charge in [0.2, 0.25) is 0 Å². The van der Waals surface area contributed by atoms with E-state index in [-0.39, 0.29) is 21.1 Å². The van der Waals surface area contributed by atoms with Gasteiger partial charge in [-0.15, -0.1) is 38.8 Å². The number of hydrogen-bond donors (Lipinski definition) is 0. The first-order valence-corrected chi connectivity index (χ1v) is 20.9. The van der Waals surface area contributed by atoms with E-state index >= 15 is 0 Å². The molecular formula is C55H47N4OPt-. The van der Waals surface area contributed by atoms with E-state index in [1.165, 1.54) is 22.3 Å². The maximum absolute atomic E-state index is 5.12. The van der Waals surface area contributed by atoms with E-state index < -0.39 is 5.41 Å². The van der Waals surface area contributed by atoms with Gasteiger partial charge in [0.25, 0.3) is 0 Å². The Morgan fingerprint density at radius 2 is 1.18 bits per heavy atom.